The largest absolute Gasteiger partial charge is 0.393 e. The van der Waals surface area contributed by atoms with Crippen LogP contribution in [-0.4, -0.2) is 57.6 Å². The maximum atomic E-state index is 12.9. The number of hydrogen-bond acceptors (Lipinski definition) is 4. The molecule has 1 aromatic heterocycles. The van der Waals surface area contributed by atoms with Crippen LogP contribution in [0.25, 0.3) is 0 Å². The minimum absolute atomic E-state index is 0.0580. The molecule has 1 N–H and O–H groups in total. The smallest absolute Gasteiger partial charge is 0.257 e. The summed E-state index contributed by atoms with van der Waals surface area (Å²) in [5.41, 5.74) is 2.11. The summed E-state index contributed by atoms with van der Waals surface area (Å²) in [6.07, 6.45) is 4.95. The van der Waals surface area contributed by atoms with Crippen molar-refractivity contribution >= 4 is 5.91 Å². The molecule has 2 heterocycles. The van der Waals surface area contributed by atoms with Crippen LogP contribution in [0.1, 0.15) is 34.8 Å². The number of morpholine rings is 1. The number of benzene rings is 1. The Bertz CT molecular complexity index is 741. The lowest BCUT2D eigenvalue weighted by atomic mass is 9.92. The highest BCUT2D eigenvalue weighted by Gasteiger charge is 2.38. The second kappa shape index (κ2) is 8.01. The minimum Gasteiger partial charge on any atom is -0.393 e. The summed E-state index contributed by atoms with van der Waals surface area (Å²) >= 11 is 0. The van der Waals surface area contributed by atoms with Crippen LogP contribution < -0.4 is 0 Å². The number of aliphatic hydroxyl groups excluding tert-OH is 1. The summed E-state index contributed by atoms with van der Waals surface area (Å²) < 4.78 is 7.74. The lowest BCUT2D eigenvalue weighted by molar-refractivity contribution is -0.123. The van der Waals surface area contributed by atoms with Crippen LogP contribution in [0.3, 0.4) is 0 Å². The van der Waals surface area contributed by atoms with Crippen LogP contribution in [-0.2, 0) is 17.7 Å². The first-order valence-electron chi connectivity index (χ1n) is 9.17. The van der Waals surface area contributed by atoms with Crippen molar-refractivity contribution in [3.8, 4) is 0 Å². The fourth-order valence-corrected chi connectivity index (χ4v) is 3.36. The molecule has 0 aliphatic carbocycles. The zero-order chi connectivity index (χ0) is 18.6. The van der Waals surface area contributed by atoms with Crippen molar-refractivity contribution in [3.63, 3.8) is 0 Å². The number of aliphatic hydroxyl groups is 1. The number of amides is 1. The molecule has 1 fully saturated rings. The van der Waals surface area contributed by atoms with Gasteiger partial charge in [0.15, 0.2) is 0 Å². The lowest BCUT2D eigenvalue weighted by Crippen LogP contribution is -2.56. The van der Waals surface area contributed by atoms with E-state index in [-0.39, 0.29) is 12.5 Å². The summed E-state index contributed by atoms with van der Waals surface area (Å²) in [6.45, 7) is 6.10. The Morgan fingerprint density at radius 3 is 2.81 bits per heavy atom. The van der Waals surface area contributed by atoms with E-state index in [1.54, 1.807) is 22.0 Å². The van der Waals surface area contributed by atoms with Gasteiger partial charge in [0.25, 0.3) is 5.91 Å². The molecule has 0 saturated carbocycles. The highest BCUT2D eigenvalue weighted by Crippen LogP contribution is 2.24. The Morgan fingerprint density at radius 2 is 2.12 bits per heavy atom. The van der Waals surface area contributed by atoms with Crippen LogP contribution in [0.15, 0.2) is 36.7 Å². The molecule has 1 saturated heterocycles. The molecule has 0 radical (unpaired) electrons. The van der Waals surface area contributed by atoms with E-state index in [9.17, 15) is 9.90 Å². The predicted molar refractivity (Wildman–Crippen MR) is 99.1 cm³/mol. The van der Waals surface area contributed by atoms with E-state index in [4.69, 9.17) is 4.74 Å². The molecule has 1 aliphatic heterocycles. The number of aryl methyl sites for hydroxylation is 2. The van der Waals surface area contributed by atoms with Crippen LogP contribution in [0.2, 0.25) is 0 Å². The van der Waals surface area contributed by atoms with Crippen LogP contribution >= 0.6 is 0 Å². The standard InChI is InChI=1S/C20H27N3O3/c1-3-8-23-13-18(12-21-23)19(25)22-9-10-26-20(14-22,15-24)11-17-6-4-16(2)5-7-17/h4-7,12-13,24H,3,8-11,14-15H2,1-2H3/t20-/m1/s1. The zero-order valence-corrected chi connectivity index (χ0v) is 15.5. The zero-order valence-electron chi connectivity index (χ0n) is 15.5. The average Bonchev–Trinajstić information content (AvgIpc) is 3.12. The van der Waals surface area contributed by atoms with Gasteiger partial charge in [-0.3, -0.25) is 9.48 Å². The molecule has 1 atom stereocenters. The molecule has 6 nitrogen and oxygen atoms in total. The molecule has 2 aromatic rings. The Balaban J connectivity index is 1.73. The van der Waals surface area contributed by atoms with E-state index >= 15 is 0 Å². The van der Waals surface area contributed by atoms with Gasteiger partial charge in [-0.25, -0.2) is 0 Å². The number of hydrogen-bond donors (Lipinski definition) is 1. The predicted octanol–water partition coefficient (Wildman–Crippen LogP) is 2.05. The van der Waals surface area contributed by atoms with Crippen LogP contribution in [0.5, 0.6) is 0 Å². The molecule has 6 heteroatoms. The third-order valence-electron chi connectivity index (χ3n) is 4.80. The molecule has 1 aromatic carbocycles. The van der Waals surface area contributed by atoms with Gasteiger partial charge in [-0.15, -0.1) is 0 Å². The van der Waals surface area contributed by atoms with E-state index in [0.29, 0.717) is 31.7 Å². The summed E-state index contributed by atoms with van der Waals surface area (Å²) in [4.78, 5) is 14.6. The molecule has 0 unspecified atom stereocenters. The Hall–Kier alpha value is -2.18. The molecular weight excluding hydrogens is 330 g/mol. The normalized spacial score (nSPS) is 20.3. The van der Waals surface area contributed by atoms with E-state index < -0.39 is 5.60 Å². The summed E-state index contributed by atoms with van der Waals surface area (Å²) in [6, 6.07) is 8.19. The SMILES string of the molecule is CCCn1cc(C(=O)N2CCO[C@](CO)(Cc3ccc(C)cc3)C2)cn1. The van der Waals surface area contributed by atoms with Gasteiger partial charge in [-0.05, 0) is 18.9 Å². The topological polar surface area (TPSA) is 67.6 Å². The Morgan fingerprint density at radius 1 is 1.35 bits per heavy atom. The van der Waals surface area contributed by atoms with Gasteiger partial charge in [-0.1, -0.05) is 36.8 Å². The highest BCUT2D eigenvalue weighted by molar-refractivity contribution is 5.93. The van der Waals surface area contributed by atoms with Crippen LogP contribution in [0, 0.1) is 6.92 Å². The van der Waals surface area contributed by atoms with E-state index in [2.05, 4.69) is 12.0 Å². The van der Waals surface area contributed by atoms with E-state index in [1.807, 2.05) is 31.2 Å². The molecule has 3 rings (SSSR count). The lowest BCUT2D eigenvalue weighted by Gasteiger charge is -2.41. The van der Waals surface area contributed by atoms with Gasteiger partial charge in [0.2, 0.25) is 0 Å². The van der Waals surface area contributed by atoms with Crippen molar-refractivity contribution in [2.75, 3.05) is 26.3 Å². The van der Waals surface area contributed by atoms with Gasteiger partial charge in [0.1, 0.15) is 5.60 Å². The van der Waals surface area contributed by atoms with Gasteiger partial charge in [-0.2, -0.15) is 5.10 Å². The monoisotopic (exact) mass is 357 g/mol. The quantitative estimate of drug-likeness (QED) is 0.859. The molecule has 0 bridgehead atoms. The first-order valence-corrected chi connectivity index (χ1v) is 9.17. The first kappa shape index (κ1) is 18.6. The second-order valence-electron chi connectivity index (χ2n) is 7.07. The molecule has 1 aliphatic rings. The van der Waals surface area contributed by atoms with Crippen molar-refractivity contribution in [2.45, 2.75) is 38.8 Å². The highest BCUT2D eigenvalue weighted by atomic mass is 16.5. The fraction of sp³-hybridized carbons (Fsp3) is 0.500. The van der Waals surface area contributed by atoms with Crippen molar-refractivity contribution in [3.05, 3.63) is 53.3 Å². The molecule has 0 spiro atoms. The number of ether oxygens (including phenoxy) is 1. The summed E-state index contributed by atoms with van der Waals surface area (Å²) in [5.74, 6) is -0.0580. The number of nitrogens with zero attached hydrogens (tertiary/aromatic N) is 3. The third-order valence-corrected chi connectivity index (χ3v) is 4.80. The Labute approximate surface area is 154 Å². The van der Waals surface area contributed by atoms with Crippen molar-refractivity contribution in [1.82, 2.24) is 14.7 Å². The Kier molecular flexibility index (Phi) is 5.74. The maximum absolute atomic E-state index is 12.9. The fourth-order valence-electron chi connectivity index (χ4n) is 3.36. The molecular formula is C20H27N3O3. The summed E-state index contributed by atoms with van der Waals surface area (Å²) in [7, 11) is 0. The first-order chi connectivity index (χ1) is 12.5. The number of carbonyl (C=O) groups excluding carboxylic acids is 1. The van der Waals surface area contributed by atoms with Gasteiger partial charge >= 0.3 is 0 Å². The average molecular weight is 357 g/mol. The van der Waals surface area contributed by atoms with Crippen LogP contribution in [0.4, 0.5) is 0 Å². The van der Waals surface area contributed by atoms with Gasteiger partial charge in [0, 0.05) is 25.7 Å². The molecule has 26 heavy (non-hydrogen) atoms. The van der Waals surface area contributed by atoms with Crippen molar-refractivity contribution in [1.29, 1.82) is 0 Å². The molecule has 1 amide bonds. The number of rotatable bonds is 6. The summed E-state index contributed by atoms with van der Waals surface area (Å²) in [5, 5.41) is 14.3. The van der Waals surface area contributed by atoms with E-state index in [0.717, 1.165) is 18.5 Å². The maximum Gasteiger partial charge on any atom is 0.257 e. The number of carbonyl (C=O) groups is 1. The van der Waals surface area contributed by atoms with Gasteiger partial charge in [0.05, 0.1) is 31.5 Å². The third kappa shape index (κ3) is 4.14. The minimum atomic E-state index is -0.761. The molecule has 140 valence electrons. The van der Waals surface area contributed by atoms with Gasteiger partial charge < -0.3 is 14.7 Å². The van der Waals surface area contributed by atoms with Crippen molar-refractivity contribution in [2.24, 2.45) is 0 Å². The van der Waals surface area contributed by atoms with Crippen molar-refractivity contribution < 1.29 is 14.6 Å². The number of aromatic nitrogens is 2. The van der Waals surface area contributed by atoms with E-state index in [1.165, 1.54) is 5.56 Å². The second-order valence-corrected chi connectivity index (χ2v) is 7.07.